The van der Waals surface area contributed by atoms with Gasteiger partial charge in [-0.3, -0.25) is 9.69 Å². The van der Waals surface area contributed by atoms with Crippen LogP contribution >= 0.6 is 0 Å². The monoisotopic (exact) mass is 507 g/mol. The molecule has 2 fully saturated rings. The van der Waals surface area contributed by atoms with Gasteiger partial charge in [-0.2, -0.15) is 0 Å². The number of carbonyl (C=O) groups excluding carboxylic acids is 1. The molecular formula is C35H29N3O. The average molecular weight is 508 g/mol. The number of benzene rings is 4. The van der Waals surface area contributed by atoms with Crippen LogP contribution < -0.4 is 0 Å². The van der Waals surface area contributed by atoms with Crippen LogP contribution in [0.25, 0.3) is 22.3 Å². The number of ketones is 1. The van der Waals surface area contributed by atoms with E-state index in [4.69, 9.17) is 9.97 Å². The highest BCUT2D eigenvalue weighted by Gasteiger charge is 2.67. The van der Waals surface area contributed by atoms with Gasteiger partial charge >= 0.3 is 0 Å². The summed E-state index contributed by atoms with van der Waals surface area (Å²) in [6, 6.07) is 35.8. The first-order chi connectivity index (χ1) is 19.2. The normalized spacial score (nSPS) is 25.1. The number of fused-ring (bicyclic) bond motifs is 8. The Hall–Kier alpha value is -4.15. The molecule has 3 aliphatic rings. The number of nitrogens with zero attached hydrogens (tertiary/aromatic N) is 3. The molecule has 190 valence electrons. The van der Waals surface area contributed by atoms with E-state index in [0.717, 1.165) is 58.5 Å². The van der Waals surface area contributed by atoms with Gasteiger partial charge < -0.3 is 0 Å². The predicted octanol–water partition coefficient (Wildman–Crippen LogP) is 6.92. The molecule has 1 spiro atoms. The number of Topliss-reactive ketones (excluding diaryl/α,β-unsaturated/α-hetero) is 1. The van der Waals surface area contributed by atoms with Crippen molar-refractivity contribution in [2.45, 2.75) is 37.3 Å². The van der Waals surface area contributed by atoms with Gasteiger partial charge in [-0.05, 0) is 49.6 Å². The molecule has 8 rings (SSSR count). The number of hydrogen-bond acceptors (Lipinski definition) is 4. The number of aryl methyl sites for hydroxylation is 1. The van der Waals surface area contributed by atoms with E-state index < -0.39 is 5.54 Å². The second kappa shape index (κ2) is 8.42. The zero-order valence-corrected chi connectivity index (χ0v) is 21.9. The van der Waals surface area contributed by atoms with E-state index in [2.05, 4.69) is 78.6 Å². The molecule has 4 nitrogen and oxygen atoms in total. The van der Waals surface area contributed by atoms with Crippen molar-refractivity contribution >= 4 is 16.8 Å². The third kappa shape index (κ3) is 3.06. The number of hydrogen-bond donors (Lipinski definition) is 0. The minimum absolute atomic E-state index is 0.0507. The van der Waals surface area contributed by atoms with Crippen molar-refractivity contribution in [2.24, 2.45) is 5.92 Å². The maximum Gasteiger partial charge on any atom is 0.169 e. The van der Waals surface area contributed by atoms with Gasteiger partial charge in [0.2, 0.25) is 0 Å². The Labute approximate surface area is 228 Å². The van der Waals surface area contributed by atoms with E-state index in [-0.39, 0.29) is 23.7 Å². The van der Waals surface area contributed by atoms with Crippen molar-refractivity contribution in [3.8, 4) is 11.3 Å². The molecule has 0 N–H and O–H groups in total. The Morgan fingerprint density at radius 3 is 2.31 bits per heavy atom. The first-order valence-corrected chi connectivity index (χ1v) is 14.0. The molecule has 39 heavy (non-hydrogen) atoms. The fourth-order valence-electron chi connectivity index (χ4n) is 7.81. The first-order valence-electron chi connectivity index (χ1n) is 14.0. The lowest BCUT2D eigenvalue weighted by atomic mass is 9.68. The Bertz CT molecular complexity index is 1750. The first kappa shape index (κ1) is 22.8. The largest absolute Gasteiger partial charge is 0.294 e. The highest BCUT2D eigenvalue weighted by Crippen LogP contribution is 2.65. The molecule has 0 bridgehead atoms. The Morgan fingerprint density at radius 1 is 0.821 bits per heavy atom. The summed E-state index contributed by atoms with van der Waals surface area (Å²) < 4.78 is 0. The van der Waals surface area contributed by atoms with Crippen LogP contribution in [0.5, 0.6) is 0 Å². The van der Waals surface area contributed by atoms with Crippen molar-refractivity contribution in [3.05, 3.63) is 131 Å². The Balaban J connectivity index is 1.47. The summed E-state index contributed by atoms with van der Waals surface area (Å²) in [5.41, 5.74) is 8.39. The van der Waals surface area contributed by atoms with Crippen LogP contribution in [0.1, 0.15) is 51.5 Å². The molecule has 1 aromatic heterocycles. The maximum absolute atomic E-state index is 14.9. The van der Waals surface area contributed by atoms with Crippen molar-refractivity contribution in [1.29, 1.82) is 0 Å². The molecule has 4 heteroatoms. The zero-order valence-electron chi connectivity index (χ0n) is 21.9. The third-order valence-electron chi connectivity index (χ3n) is 9.30. The van der Waals surface area contributed by atoms with Crippen molar-refractivity contribution in [3.63, 3.8) is 0 Å². The van der Waals surface area contributed by atoms with Crippen LogP contribution in [-0.2, 0) is 5.54 Å². The van der Waals surface area contributed by atoms with Crippen LogP contribution in [-0.4, -0.2) is 33.2 Å². The Morgan fingerprint density at radius 2 is 1.51 bits per heavy atom. The van der Waals surface area contributed by atoms with Gasteiger partial charge in [-0.15, -0.1) is 0 Å². The van der Waals surface area contributed by atoms with Crippen LogP contribution in [0, 0.1) is 12.8 Å². The van der Waals surface area contributed by atoms with Crippen LogP contribution in [0.2, 0.25) is 0 Å². The van der Waals surface area contributed by atoms with E-state index in [1.54, 1.807) is 0 Å². The molecule has 0 amide bonds. The number of rotatable bonds is 3. The van der Waals surface area contributed by atoms with Gasteiger partial charge in [-0.25, -0.2) is 9.97 Å². The minimum Gasteiger partial charge on any atom is -0.294 e. The van der Waals surface area contributed by atoms with E-state index in [1.807, 2.05) is 36.4 Å². The van der Waals surface area contributed by atoms with E-state index in [0.29, 0.717) is 0 Å². The van der Waals surface area contributed by atoms with Crippen LogP contribution in [0.3, 0.4) is 0 Å². The number of carbonyl (C=O) groups is 1. The second-order valence-corrected chi connectivity index (χ2v) is 11.3. The minimum atomic E-state index is -0.674. The summed E-state index contributed by atoms with van der Waals surface area (Å²) in [5.74, 6) is -0.0867. The van der Waals surface area contributed by atoms with Gasteiger partial charge in [0.05, 0.1) is 28.3 Å². The lowest BCUT2D eigenvalue weighted by Crippen LogP contribution is -2.48. The Kier molecular flexibility index (Phi) is 4.92. The second-order valence-electron chi connectivity index (χ2n) is 11.3. The fraction of sp³-hybridized carbons (Fsp3) is 0.229. The molecule has 4 atom stereocenters. The topological polar surface area (TPSA) is 46.1 Å². The highest BCUT2D eigenvalue weighted by molar-refractivity contribution is 6.01. The number of para-hydroxylation sites is 2. The smallest absolute Gasteiger partial charge is 0.169 e. The van der Waals surface area contributed by atoms with Crippen LogP contribution in [0.4, 0.5) is 0 Å². The molecule has 5 aromatic rings. The highest BCUT2D eigenvalue weighted by atomic mass is 16.1. The quantitative estimate of drug-likeness (QED) is 0.249. The maximum atomic E-state index is 14.9. The predicted molar refractivity (Wildman–Crippen MR) is 154 cm³/mol. The van der Waals surface area contributed by atoms with E-state index >= 15 is 0 Å². The summed E-state index contributed by atoms with van der Waals surface area (Å²) in [6.45, 7) is 3.01. The summed E-state index contributed by atoms with van der Waals surface area (Å²) >= 11 is 0. The van der Waals surface area contributed by atoms with Gasteiger partial charge in [0.15, 0.2) is 5.78 Å². The van der Waals surface area contributed by atoms with Crippen LogP contribution in [0.15, 0.2) is 103 Å². The van der Waals surface area contributed by atoms with Gasteiger partial charge in [-0.1, -0.05) is 96.6 Å². The lowest BCUT2D eigenvalue weighted by molar-refractivity contribution is 0.0781. The molecule has 0 unspecified atom stereocenters. The molecular weight excluding hydrogens is 478 g/mol. The summed E-state index contributed by atoms with van der Waals surface area (Å²) in [6.07, 6.45) is 2.18. The van der Waals surface area contributed by atoms with Crippen molar-refractivity contribution in [2.75, 3.05) is 6.54 Å². The van der Waals surface area contributed by atoms with Gasteiger partial charge in [0.25, 0.3) is 0 Å². The summed E-state index contributed by atoms with van der Waals surface area (Å²) in [5, 5.41) is 0. The molecule has 0 radical (unpaired) electrons. The van der Waals surface area contributed by atoms with Gasteiger partial charge in [0, 0.05) is 23.1 Å². The fourth-order valence-corrected chi connectivity index (χ4v) is 7.81. The molecule has 3 heterocycles. The molecule has 2 saturated heterocycles. The standard InChI is InChI=1S/C35H29N3O/c1-22-17-19-24(20-18-22)33(39)31-30(23-10-3-2-4-11-23)29-16-9-21-38(29)35(31)26-13-6-5-12-25(26)32-34(35)37-28-15-8-7-14-27(28)36-32/h2-8,10-15,17-20,29-31H,9,16,21H2,1H3/t29-,30-,31-,35+/m0/s1. The van der Waals surface area contributed by atoms with E-state index in [1.165, 1.54) is 11.1 Å². The SMILES string of the molecule is Cc1ccc(C(=O)[C@@H]2[C@@H](c3ccccc3)[C@@H]3CCCN3[C@]23c2ccccc2-c2nc4ccccc4nc23)cc1. The molecule has 2 aliphatic heterocycles. The van der Waals surface area contributed by atoms with E-state index in [9.17, 15) is 4.79 Å². The molecule has 1 aliphatic carbocycles. The summed E-state index contributed by atoms with van der Waals surface area (Å²) in [7, 11) is 0. The summed E-state index contributed by atoms with van der Waals surface area (Å²) in [4.78, 5) is 28.2. The third-order valence-corrected chi connectivity index (χ3v) is 9.30. The van der Waals surface area contributed by atoms with Crippen molar-refractivity contribution < 1.29 is 4.79 Å². The average Bonchev–Trinajstić information content (AvgIpc) is 3.64. The zero-order chi connectivity index (χ0) is 26.1. The molecule has 4 aromatic carbocycles. The van der Waals surface area contributed by atoms with Crippen molar-refractivity contribution in [1.82, 2.24) is 14.9 Å². The lowest BCUT2D eigenvalue weighted by Gasteiger charge is -2.39. The molecule has 0 saturated carbocycles. The number of aromatic nitrogens is 2. The van der Waals surface area contributed by atoms with Gasteiger partial charge in [0.1, 0.15) is 5.54 Å².